The van der Waals surface area contributed by atoms with Gasteiger partial charge in [0.1, 0.15) is 0 Å². The average molecular weight is 251 g/mol. The molecule has 102 valence electrons. The zero-order chi connectivity index (χ0) is 13.2. The molecule has 0 aliphatic rings. The summed E-state index contributed by atoms with van der Waals surface area (Å²) in [5, 5.41) is 3.42. The smallest absolute Gasteiger partial charge is 0.161 e. The van der Waals surface area contributed by atoms with Crippen molar-refractivity contribution in [3.05, 3.63) is 23.8 Å². The van der Waals surface area contributed by atoms with Crippen LogP contribution in [0.1, 0.15) is 38.7 Å². The van der Waals surface area contributed by atoms with Crippen molar-refractivity contribution in [1.29, 1.82) is 0 Å². The number of hydrogen-bond acceptors (Lipinski definition) is 3. The fourth-order valence-corrected chi connectivity index (χ4v) is 1.69. The molecule has 0 atom stereocenters. The molecular formula is C15H25NO2. The van der Waals surface area contributed by atoms with Crippen molar-refractivity contribution in [3.8, 4) is 11.5 Å². The quantitative estimate of drug-likeness (QED) is 0.683. The molecule has 0 unspecified atom stereocenters. The van der Waals surface area contributed by atoms with Crippen LogP contribution < -0.4 is 14.8 Å². The highest BCUT2D eigenvalue weighted by atomic mass is 16.5. The summed E-state index contributed by atoms with van der Waals surface area (Å²) < 4.78 is 11.0. The lowest BCUT2D eigenvalue weighted by molar-refractivity contribution is 0.294. The van der Waals surface area contributed by atoms with Crippen LogP contribution in [0.4, 0.5) is 0 Å². The molecule has 3 nitrogen and oxygen atoms in total. The van der Waals surface area contributed by atoms with Crippen LogP contribution in [-0.2, 0) is 6.54 Å². The van der Waals surface area contributed by atoms with E-state index in [0.29, 0.717) is 0 Å². The summed E-state index contributed by atoms with van der Waals surface area (Å²) in [5.74, 6) is 1.65. The molecule has 0 saturated heterocycles. The van der Waals surface area contributed by atoms with Crippen LogP contribution in [0.3, 0.4) is 0 Å². The number of hydrogen-bond donors (Lipinski definition) is 1. The lowest BCUT2D eigenvalue weighted by atomic mass is 10.2. The van der Waals surface area contributed by atoms with Crippen molar-refractivity contribution in [2.45, 2.75) is 39.7 Å². The monoisotopic (exact) mass is 251 g/mol. The molecule has 1 aromatic carbocycles. The molecular weight excluding hydrogens is 226 g/mol. The van der Waals surface area contributed by atoms with Gasteiger partial charge in [0.15, 0.2) is 11.5 Å². The summed E-state index contributed by atoms with van der Waals surface area (Å²) in [6.45, 7) is 6.96. The zero-order valence-corrected chi connectivity index (χ0v) is 11.8. The molecule has 3 heteroatoms. The minimum Gasteiger partial charge on any atom is -0.493 e. The molecule has 18 heavy (non-hydrogen) atoms. The van der Waals surface area contributed by atoms with Gasteiger partial charge in [-0.25, -0.2) is 0 Å². The Labute approximate surface area is 110 Å². The van der Waals surface area contributed by atoms with Gasteiger partial charge in [-0.3, -0.25) is 0 Å². The van der Waals surface area contributed by atoms with Gasteiger partial charge in [0.05, 0.1) is 13.7 Å². The first-order chi connectivity index (χ1) is 8.81. The van der Waals surface area contributed by atoms with Gasteiger partial charge in [-0.15, -0.1) is 0 Å². The van der Waals surface area contributed by atoms with Crippen molar-refractivity contribution in [2.24, 2.45) is 0 Å². The molecule has 0 aliphatic carbocycles. The van der Waals surface area contributed by atoms with Crippen LogP contribution in [0.5, 0.6) is 11.5 Å². The molecule has 0 aliphatic heterocycles. The van der Waals surface area contributed by atoms with E-state index in [1.807, 2.05) is 12.1 Å². The molecule has 0 spiro atoms. The summed E-state index contributed by atoms with van der Waals surface area (Å²) in [6.07, 6.45) is 3.44. The van der Waals surface area contributed by atoms with Crippen LogP contribution in [-0.4, -0.2) is 20.3 Å². The minimum atomic E-state index is 0.727. The van der Waals surface area contributed by atoms with Gasteiger partial charge in [0.25, 0.3) is 0 Å². The number of ether oxygens (including phenoxy) is 2. The number of benzene rings is 1. The van der Waals surface area contributed by atoms with Gasteiger partial charge in [0, 0.05) is 6.54 Å². The van der Waals surface area contributed by atoms with E-state index in [1.54, 1.807) is 7.11 Å². The Hall–Kier alpha value is -1.22. The summed E-state index contributed by atoms with van der Waals surface area (Å²) in [5.41, 5.74) is 1.23. The van der Waals surface area contributed by atoms with Crippen LogP contribution in [0.15, 0.2) is 18.2 Å². The van der Waals surface area contributed by atoms with Gasteiger partial charge in [-0.1, -0.05) is 26.3 Å². The standard InChI is InChI=1S/C15H25NO2/c1-4-6-9-16-12-13-7-8-14(18-10-5-2)15(11-13)17-3/h7-8,11,16H,4-6,9-10,12H2,1-3H3. The summed E-state index contributed by atoms with van der Waals surface area (Å²) in [6, 6.07) is 6.13. The van der Waals surface area contributed by atoms with E-state index >= 15 is 0 Å². The van der Waals surface area contributed by atoms with E-state index in [9.17, 15) is 0 Å². The van der Waals surface area contributed by atoms with Gasteiger partial charge < -0.3 is 14.8 Å². The highest BCUT2D eigenvalue weighted by Gasteiger charge is 2.05. The van der Waals surface area contributed by atoms with Crippen LogP contribution in [0, 0.1) is 0 Å². The van der Waals surface area contributed by atoms with E-state index in [4.69, 9.17) is 9.47 Å². The molecule has 0 aromatic heterocycles. The molecule has 1 N–H and O–H groups in total. The maximum absolute atomic E-state index is 5.63. The summed E-state index contributed by atoms with van der Waals surface area (Å²) >= 11 is 0. The third-order valence-corrected chi connectivity index (χ3v) is 2.73. The highest BCUT2D eigenvalue weighted by molar-refractivity contribution is 5.42. The SMILES string of the molecule is CCCCNCc1ccc(OCCC)c(OC)c1. The van der Waals surface area contributed by atoms with Crippen molar-refractivity contribution in [3.63, 3.8) is 0 Å². The van der Waals surface area contributed by atoms with E-state index in [2.05, 4.69) is 25.2 Å². The van der Waals surface area contributed by atoms with E-state index in [0.717, 1.165) is 37.6 Å². The van der Waals surface area contributed by atoms with Crippen molar-refractivity contribution < 1.29 is 9.47 Å². The minimum absolute atomic E-state index is 0.727. The fraction of sp³-hybridized carbons (Fsp3) is 0.600. The van der Waals surface area contributed by atoms with Gasteiger partial charge in [-0.05, 0) is 37.1 Å². The van der Waals surface area contributed by atoms with E-state index in [-0.39, 0.29) is 0 Å². The molecule has 1 aromatic rings. The van der Waals surface area contributed by atoms with Crippen LogP contribution in [0.2, 0.25) is 0 Å². The second-order valence-corrected chi connectivity index (χ2v) is 4.36. The maximum Gasteiger partial charge on any atom is 0.161 e. The molecule has 1 rings (SSSR count). The second-order valence-electron chi connectivity index (χ2n) is 4.36. The Morgan fingerprint density at radius 2 is 1.94 bits per heavy atom. The zero-order valence-electron chi connectivity index (χ0n) is 11.8. The normalized spacial score (nSPS) is 10.4. The number of unbranched alkanes of at least 4 members (excludes halogenated alkanes) is 1. The third kappa shape index (κ3) is 4.96. The largest absolute Gasteiger partial charge is 0.493 e. The van der Waals surface area contributed by atoms with Crippen LogP contribution in [0.25, 0.3) is 0 Å². The molecule has 0 saturated carbocycles. The maximum atomic E-state index is 5.63. The van der Waals surface area contributed by atoms with Gasteiger partial charge in [-0.2, -0.15) is 0 Å². The van der Waals surface area contributed by atoms with E-state index < -0.39 is 0 Å². The predicted molar refractivity (Wildman–Crippen MR) is 75.4 cm³/mol. The van der Waals surface area contributed by atoms with Crippen LogP contribution >= 0.6 is 0 Å². The van der Waals surface area contributed by atoms with Crippen molar-refractivity contribution >= 4 is 0 Å². The lowest BCUT2D eigenvalue weighted by Gasteiger charge is -2.12. The molecule has 0 radical (unpaired) electrons. The Balaban J connectivity index is 2.55. The molecule has 0 amide bonds. The van der Waals surface area contributed by atoms with Gasteiger partial charge in [0.2, 0.25) is 0 Å². The molecule has 0 fully saturated rings. The van der Waals surface area contributed by atoms with E-state index in [1.165, 1.54) is 18.4 Å². The Bertz CT molecular complexity index is 339. The second kappa shape index (κ2) is 8.81. The Morgan fingerprint density at radius 1 is 1.11 bits per heavy atom. The van der Waals surface area contributed by atoms with Gasteiger partial charge >= 0.3 is 0 Å². The first-order valence-corrected chi connectivity index (χ1v) is 6.82. The average Bonchev–Trinajstić information content (AvgIpc) is 2.41. The lowest BCUT2D eigenvalue weighted by Crippen LogP contribution is -2.14. The molecule has 0 bridgehead atoms. The molecule has 0 heterocycles. The highest BCUT2D eigenvalue weighted by Crippen LogP contribution is 2.28. The number of methoxy groups -OCH3 is 1. The van der Waals surface area contributed by atoms with Crippen molar-refractivity contribution in [1.82, 2.24) is 5.32 Å². The predicted octanol–water partition coefficient (Wildman–Crippen LogP) is 3.37. The fourth-order valence-electron chi connectivity index (χ4n) is 1.69. The van der Waals surface area contributed by atoms with Crippen molar-refractivity contribution in [2.75, 3.05) is 20.3 Å². The number of nitrogens with one attached hydrogen (secondary N) is 1. The summed E-state index contributed by atoms with van der Waals surface area (Å²) in [7, 11) is 1.68. The first kappa shape index (κ1) is 14.8. The first-order valence-electron chi connectivity index (χ1n) is 6.82. The Morgan fingerprint density at radius 3 is 2.61 bits per heavy atom. The summed E-state index contributed by atoms with van der Waals surface area (Å²) in [4.78, 5) is 0. The Kier molecular flexibility index (Phi) is 7.26. The third-order valence-electron chi connectivity index (χ3n) is 2.73. The number of rotatable bonds is 9. The topological polar surface area (TPSA) is 30.5 Å².